The van der Waals surface area contributed by atoms with E-state index in [1.54, 1.807) is 6.20 Å². The van der Waals surface area contributed by atoms with Crippen LogP contribution in [0.25, 0.3) is 11.3 Å². The number of hydrogen-bond donors (Lipinski definition) is 3. The van der Waals surface area contributed by atoms with E-state index in [0.717, 1.165) is 87.9 Å². The number of rotatable bonds is 11. The third kappa shape index (κ3) is 8.92. The molecule has 0 aliphatic heterocycles. The van der Waals surface area contributed by atoms with E-state index in [9.17, 15) is 4.79 Å². The lowest BCUT2D eigenvalue weighted by atomic mass is 9.91. The lowest BCUT2D eigenvalue weighted by Gasteiger charge is -2.30. The van der Waals surface area contributed by atoms with E-state index >= 15 is 0 Å². The molecule has 2 heterocycles. The molecule has 2 aromatic heterocycles. The minimum absolute atomic E-state index is 0.0225. The van der Waals surface area contributed by atoms with Crippen LogP contribution < -0.4 is 16.0 Å². The molecular formula is C31H46ClN7O2. The Morgan fingerprint density at radius 1 is 1.05 bits per heavy atom. The van der Waals surface area contributed by atoms with Gasteiger partial charge in [0.1, 0.15) is 6.10 Å². The van der Waals surface area contributed by atoms with Crippen LogP contribution in [0.3, 0.4) is 0 Å². The van der Waals surface area contributed by atoms with E-state index < -0.39 is 0 Å². The molecular weight excluding hydrogens is 538 g/mol. The normalized spacial score (nSPS) is 25.6. The number of hydrogen-bond acceptors (Lipinski definition) is 7. The molecule has 0 bridgehead atoms. The highest BCUT2D eigenvalue weighted by Gasteiger charge is 2.27. The van der Waals surface area contributed by atoms with E-state index in [4.69, 9.17) is 21.3 Å². The van der Waals surface area contributed by atoms with E-state index in [-0.39, 0.29) is 12.2 Å². The van der Waals surface area contributed by atoms with Gasteiger partial charge < -0.3 is 20.7 Å². The molecule has 41 heavy (non-hydrogen) atoms. The first-order chi connectivity index (χ1) is 19.9. The van der Waals surface area contributed by atoms with Crippen LogP contribution in [0.1, 0.15) is 83.2 Å². The van der Waals surface area contributed by atoms with Gasteiger partial charge in [-0.15, -0.1) is 0 Å². The summed E-state index contributed by atoms with van der Waals surface area (Å²) in [5.74, 6) is 1.94. The maximum Gasteiger partial charge on any atom is 0.407 e. The summed E-state index contributed by atoms with van der Waals surface area (Å²) in [6.45, 7) is 3.72. The van der Waals surface area contributed by atoms with Crippen molar-refractivity contribution in [2.24, 2.45) is 18.9 Å². The molecule has 3 aliphatic carbocycles. The lowest BCUT2D eigenvalue weighted by molar-refractivity contribution is 0.0844. The predicted molar refractivity (Wildman–Crippen MR) is 163 cm³/mol. The first-order valence-corrected chi connectivity index (χ1v) is 16.0. The van der Waals surface area contributed by atoms with Gasteiger partial charge in [0.2, 0.25) is 5.95 Å². The van der Waals surface area contributed by atoms with Crippen LogP contribution in [-0.2, 0) is 18.2 Å². The van der Waals surface area contributed by atoms with Crippen LogP contribution in [0.4, 0.5) is 10.7 Å². The van der Waals surface area contributed by atoms with Crippen LogP contribution >= 0.6 is 11.6 Å². The summed E-state index contributed by atoms with van der Waals surface area (Å²) in [5, 5.41) is 15.2. The molecule has 1 amide bonds. The topological polar surface area (TPSA) is 106 Å². The zero-order valence-corrected chi connectivity index (χ0v) is 25.3. The molecule has 2 aromatic rings. The molecule has 3 N–H and O–H groups in total. The third-order valence-corrected chi connectivity index (χ3v) is 8.97. The number of anilines is 1. The predicted octanol–water partition coefficient (Wildman–Crippen LogP) is 6.05. The van der Waals surface area contributed by atoms with Gasteiger partial charge in [-0.25, -0.2) is 14.8 Å². The molecule has 0 spiro atoms. The average Bonchev–Trinajstić information content (AvgIpc) is 3.71. The SMILES string of the molecule is CC1/C=C\CCC(OC(=O)NCCCNC2CCC(Nc3ncc(Cl)c(-c4cnn(C)c4CC4CC4)n3)CC2)CC1. The van der Waals surface area contributed by atoms with Gasteiger partial charge in [-0.1, -0.05) is 30.7 Å². The van der Waals surface area contributed by atoms with Gasteiger partial charge in [0, 0.05) is 36.9 Å². The number of halogens is 1. The highest BCUT2D eigenvalue weighted by Crippen LogP contribution is 2.37. The largest absolute Gasteiger partial charge is 0.446 e. The summed E-state index contributed by atoms with van der Waals surface area (Å²) >= 11 is 6.54. The van der Waals surface area contributed by atoms with Crippen molar-refractivity contribution in [1.82, 2.24) is 30.4 Å². The minimum Gasteiger partial charge on any atom is -0.446 e. The molecule has 224 valence electrons. The van der Waals surface area contributed by atoms with Crippen molar-refractivity contribution >= 4 is 23.6 Å². The number of carbonyl (C=O) groups excluding carboxylic acids is 1. The molecule has 2 unspecified atom stereocenters. The van der Waals surface area contributed by atoms with Crippen molar-refractivity contribution in [3.63, 3.8) is 0 Å². The number of nitrogens with one attached hydrogen (secondary N) is 3. The van der Waals surface area contributed by atoms with E-state index in [2.05, 4.69) is 45.1 Å². The fourth-order valence-corrected chi connectivity index (χ4v) is 6.14. The smallest absolute Gasteiger partial charge is 0.407 e. The summed E-state index contributed by atoms with van der Waals surface area (Å²) in [7, 11) is 1.99. The number of aromatic nitrogens is 4. The Bertz CT molecular complexity index is 1170. The maximum atomic E-state index is 12.2. The average molecular weight is 584 g/mol. The van der Waals surface area contributed by atoms with E-state index in [1.165, 1.54) is 18.5 Å². The van der Waals surface area contributed by atoms with Crippen molar-refractivity contribution in [1.29, 1.82) is 0 Å². The van der Waals surface area contributed by atoms with Gasteiger partial charge in [0.05, 0.1) is 23.1 Å². The highest BCUT2D eigenvalue weighted by molar-refractivity contribution is 6.32. The zero-order valence-electron chi connectivity index (χ0n) is 24.6. The van der Waals surface area contributed by atoms with Crippen molar-refractivity contribution in [2.75, 3.05) is 18.4 Å². The molecule has 0 saturated heterocycles. The lowest BCUT2D eigenvalue weighted by Crippen LogP contribution is -2.38. The van der Waals surface area contributed by atoms with Gasteiger partial charge in [0.25, 0.3) is 0 Å². The Morgan fingerprint density at radius 3 is 2.66 bits per heavy atom. The highest BCUT2D eigenvalue weighted by atomic mass is 35.5. The number of alkyl carbamates (subject to hydrolysis) is 1. The Balaban J connectivity index is 0.994. The van der Waals surface area contributed by atoms with Crippen LogP contribution in [0.2, 0.25) is 5.02 Å². The van der Waals surface area contributed by atoms with E-state index in [0.29, 0.717) is 35.5 Å². The van der Waals surface area contributed by atoms with Crippen molar-refractivity contribution in [2.45, 2.75) is 102 Å². The number of aryl methyl sites for hydroxylation is 1. The Hall–Kier alpha value is -2.65. The first-order valence-electron chi connectivity index (χ1n) is 15.6. The summed E-state index contributed by atoms with van der Waals surface area (Å²) in [4.78, 5) is 21.5. The Kier molecular flexibility index (Phi) is 10.5. The van der Waals surface area contributed by atoms with Crippen LogP contribution in [0.5, 0.6) is 0 Å². The Morgan fingerprint density at radius 2 is 1.85 bits per heavy atom. The monoisotopic (exact) mass is 583 g/mol. The zero-order chi connectivity index (χ0) is 28.6. The minimum atomic E-state index is -0.283. The van der Waals surface area contributed by atoms with Crippen molar-refractivity contribution in [3.8, 4) is 11.3 Å². The quantitative estimate of drug-likeness (QED) is 0.218. The third-order valence-electron chi connectivity index (χ3n) is 8.69. The fourth-order valence-electron chi connectivity index (χ4n) is 5.94. The fraction of sp³-hybridized carbons (Fsp3) is 0.677. The number of allylic oxidation sites excluding steroid dienone is 2. The second-order valence-electron chi connectivity index (χ2n) is 12.2. The number of amides is 1. The van der Waals surface area contributed by atoms with Gasteiger partial charge in [-0.2, -0.15) is 5.10 Å². The standard InChI is InChI=1S/C31H46ClN7O2/c1-21-6-3-4-7-25(15-8-21)41-31(40)34-17-5-16-33-23-11-13-24(14-12-23)37-30-35-20-27(32)29(38-30)26-19-36-39(2)28(26)18-22-9-10-22/h3,6,19-25,33H,4-5,7-18H2,1-2H3,(H,34,40)(H,35,37,38)/b6-3-. The van der Waals surface area contributed by atoms with Crippen LogP contribution in [0.15, 0.2) is 24.5 Å². The Labute approximate surface area is 249 Å². The van der Waals surface area contributed by atoms with Crippen LogP contribution in [0, 0.1) is 11.8 Å². The van der Waals surface area contributed by atoms with Crippen LogP contribution in [-0.4, -0.2) is 57.1 Å². The second-order valence-corrected chi connectivity index (χ2v) is 12.6. The maximum absolute atomic E-state index is 12.2. The first kappa shape index (κ1) is 29.8. The summed E-state index contributed by atoms with van der Waals surface area (Å²) in [5.41, 5.74) is 2.97. The molecule has 2 saturated carbocycles. The molecule has 0 radical (unpaired) electrons. The summed E-state index contributed by atoms with van der Waals surface area (Å²) < 4.78 is 7.61. The van der Waals surface area contributed by atoms with Gasteiger partial charge in [0.15, 0.2) is 0 Å². The summed E-state index contributed by atoms with van der Waals surface area (Å²) in [6, 6.07) is 0.831. The molecule has 9 nitrogen and oxygen atoms in total. The van der Waals surface area contributed by atoms with Crippen molar-refractivity contribution < 1.29 is 9.53 Å². The number of ether oxygens (including phenoxy) is 1. The summed E-state index contributed by atoms with van der Waals surface area (Å²) in [6.07, 6.45) is 20.5. The number of nitrogens with zero attached hydrogens (tertiary/aromatic N) is 4. The van der Waals surface area contributed by atoms with Gasteiger partial charge in [-0.3, -0.25) is 4.68 Å². The van der Waals surface area contributed by atoms with Gasteiger partial charge >= 0.3 is 6.09 Å². The van der Waals surface area contributed by atoms with Gasteiger partial charge in [-0.05, 0) is 95.4 Å². The van der Waals surface area contributed by atoms with E-state index in [1.807, 2.05) is 17.9 Å². The number of carbonyl (C=O) groups is 1. The second kappa shape index (κ2) is 14.5. The molecule has 10 heteroatoms. The molecule has 5 rings (SSSR count). The molecule has 2 atom stereocenters. The molecule has 2 fully saturated rings. The molecule has 3 aliphatic rings. The molecule has 0 aromatic carbocycles. The van der Waals surface area contributed by atoms with Crippen molar-refractivity contribution in [3.05, 3.63) is 35.3 Å².